The maximum absolute atomic E-state index is 11.0. The Bertz CT molecular complexity index is 207. The third-order valence-corrected chi connectivity index (χ3v) is 2.38. The van der Waals surface area contributed by atoms with E-state index < -0.39 is 11.6 Å². The molecule has 0 unspecified atom stereocenters. The van der Waals surface area contributed by atoms with Crippen LogP contribution < -0.4 is 0 Å². The predicted molar refractivity (Wildman–Crippen MR) is 48.7 cm³/mol. The van der Waals surface area contributed by atoms with Gasteiger partial charge < -0.3 is 9.94 Å². The van der Waals surface area contributed by atoms with Crippen LogP contribution in [0.4, 0.5) is 0 Å². The van der Waals surface area contributed by atoms with Gasteiger partial charge in [-0.3, -0.25) is 0 Å². The fourth-order valence-electron chi connectivity index (χ4n) is 1.62. The van der Waals surface area contributed by atoms with E-state index in [1.165, 1.54) is 6.21 Å². The SMILES string of the molecule is CC=NOC1(C(=O)O)CCCCC1. The minimum atomic E-state index is -1.05. The Hall–Kier alpha value is -1.06. The first-order valence-electron chi connectivity index (χ1n) is 4.61. The van der Waals surface area contributed by atoms with Crippen molar-refractivity contribution in [3.05, 3.63) is 0 Å². The Morgan fingerprint density at radius 1 is 1.46 bits per heavy atom. The average molecular weight is 185 g/mol. The van der Waals surface area contributed by atoms with Gasteiger partial charge in [0, 0.05) is 19.1 Å². The molecule has 1 aliphatic rings. The van der Waals surface area contributed by atoms with E-state index in [4.69, 9.17) is 9.94 Å². The summed E-state index contributed by atoms with van der Waals surface area (Å²) >= 11 is 0. The van der Waals surface area contributed by atoms with Crippen LogP contribution in [0.15, 0.2) is 5.16 Å². The van der Waals surface area contributed by atoms with Gasteiger partial charge in [-0.2, -0.15) is 0 Å². The summed E-state index contributed by atoms with van der Waals surface area (Å²) in [6.45, 7) is 1.71. The van der Waals surface area contributed by atoms with Crippen LogP contribution in [0.25, 0.3) is 0 Å². The number of oxime groups is 1. The van der Waals surface area contributed by atoms with Gasteiger partial charge in [0.1, 0.15) is 0 Å². The zero-order chi connectivity index (χ0) is 9.73. The molecule has 1 fully saturated rings. The molecule has 4 nitrogen and oxygen atoms in total. The van der Waals surface area contributed by atoms with Gasteiger partial charge in [0.2, 0.25) is 5.60 Å². The van der Waals surface area contributed by atoms with Gasteiger partial charge in [-0.25, -0.2) is 4.79 Å². The highest BCUT2D eigenvalue weighted by Crippen LogP contribution is 2.31. The molecular weight excluding hydrogens is 170 g/mol. The highest BCUT2D eigenvalue weighted by atomic mass is 16.7. The molecule has 1 aliphatic carbocycles. The molecule has 0 aromatic heterocycles. The Morgan fingerprint density at radius 3 is 2.54 bits per heavy atom. The number of hydrogen-bond donors (Lipinski definition) is 1. The number of carbonyl (C=O) groups is 1. The normalized spacial score (nSPS) is 21.6. The van der Waals surface area contributed by atoms with Crippen molar-refractivity contribution in [1.29, 1.82) is 0 Å². The molecule has 0 saturated heterocycles. The minimum absolute atomic E-state index is 0.569. The molecule has 0 radical (unpaired) electrons. The zero-order valence-corrected chi connectivity index (χ0v) is 7.82. The lowest BCUT2D eigenvalue weighted by molar-refractivity contribution is -0.170. The van der Waals surface area contributed by atoms with Crippen molar-refractivity contribution in [2.45, 2.75) is 44.6 Å². The van der Waals surface area contributed by atoms with E-state index in [2.05, 4.69) is 5.16 Å². The quantitative estimate of drug-likeness (QED) is 0.538. The lowest BCUT2D eigenvalue weighted by Crippen LogP contribution is -2.42. The number of rotatable bonds is 3. The van der Waals surface area contributed by atoms with E-state index in [-0.39, 0.29) is 0 Å². The van der Waals surface area contributed by atoms with E-state index in [0.717, 1.165) is 19.3 Å². The van der Waals surface area contributed by atoms with E-state index in [1.807, 2.05) is 0 Å². The van der Waals surface area contributed by atoms with Crippen LogP contribution in [0.1, 0.15) is 39.0 Å². The standard InChI is InChI=1S/C9H15NO3/c1-2-10-13-9(8(11)12)6-4-3-5-7-9/h2H,3-7H2,1H3,(H,11,12). The molecule has 0 bridgehead atoms. The Morgan fingerprint density at radius 2 is 2.08 bits per heavy atom. The first-order valence-corrected chi connectivity index (χ1v) is 4.61. The predicted octanol–water partition coefficient (Wildman–Crippen LogP) is 1.80. The lowest BCUT2D eigenvalue weighted by atomic mass is 9.85. The van der Waals surface area contributed by atoms with E-state index in [9.17, 15) is 4.79 Å². The molecular formula is C9H15NO3. The summed E-state index contributed by atoms with van der Waals surface area (Å²) < 4.78 is 0. The first-order chi connectivity index (χ1) is 6.21. The summed E-state index contributed by atoms with van der Waals surface area (Å²) in [6, 6.07) is 0. The molecule has 13 heavy (non-hydrogen) atoms. The van der Waals surface area contributed by atoms with Gasteiger partial charge in [-0.15, -0.1) is 0 Å². The maximum atomic E-state index is 11.0. The van der Waals surface area contributed by atoms with Crippen LogP contribution >= 0.6 is 0 Å². The Balaban J connectivity index is 2.67. The summed E-state index contributed by atoms with van der Waals surface area (Å²) in [5, 5.41) is 12.6. The molecule has 4 heteroatoms. The molecule has 1 saturated carbocycles. The van der Waals surface area contributed by atoms with E-state index >= 15 is 0 Å². The van der Waals surface area contributed by atoms with Gasteiger partial charge in [0.15, 0.2) is 0 Å². The first kappa shape index (κ1) is 10.0. The summed E-state index contributed by atoms with van der Waals surface area (Å²) in [5.41, 5.74) is -1.05. The second-order valence-electron chi connectivity index (χ2n) is 3.31. The third kappa shape index (κ3) is 2.20. The highest BCUT2D eigenvalue weighted by molar-refractivity contribution is 5.77. The Kier molecular flexibility index (Phi) is 3.28. The second kappa shape index (κ2) is 4.25. The van der Waals surface area contributed by atoms with Gasteiger partial charge in [0.25, 0.3) is 0 Å². The monoisotopic (exact) mass is 185 g/mol. The topological polar surface area (TPSA) is 58.9 Å². The summed E-state index contributed by atoms with van der Waals surface area (Å²) in [4.78, 5) is 16.0. The molecule has 0 aromatic carbocycles. The number of carboxylic acid groups (broad SMARTS) is 1. The van der Waals surface area contributed by atoms with Crippen LogP contribution in [-0.4, -0.2) is 22.9 Å². The van der Waals surface area contributed by atoms with Crippen molar-refractivity contribution in [2.24, 2.45) is 5.16 Å². The molecule has 0 heterocycles. The molecule has 0 atom stereocenters. The van der Waals surface area contributed by atoms with Crippen molar-refractivity contribution < 1.29 is 14.7 Å². The molecule has 0 spiro atoms. The largest absolute Gasteiger partial charge is 0.478 e. The zero-order valence-electron chi connectivity index (χ0n) is 7.82. The van der Waals surface area contributed by atoms with Gasteiger partial charge >= 0.3 is 5.97 Å². The van der Waals surface area contributed by atoms with Crippen molar-refractivity contribution in [3.8, 4) is 0 Å². The molecule has 0 aliphatic heterocycles. The minimum Gasteiger partial charge on any atom is -0.478 e. The fraction of sp³-hybridized carbons (Fsp3) is 0.778. The molecule has 74 valence electrons. The van der Waals surface area contributed by atoms with Crippen molar-refractivity contribution in [1.82, 2.24) is 0 Å². The number of hydrogen-bond acceptors (Lipinski definition) is 3. The van der Waals surface area contributed by atoms with Crippen LogP contribution in [0.5, 0.6) is 0 Å². The summed E-state index contributed by atoms with van der Waals surface area (Å²) in [5.74, 6) is -0.891. The Labute approximate surface area is 77.6 Å². The summed E-state index contributed by atoms with van der Waals surface area (Å²) in [7, 11) is 0. The van der Waals surface area contributed by atoms with Crippen LogP contribution in [0.2, 0.25) is 0 Å². The van der Waals surface area contributed by atoms with Gasteiger partial charge in [-0.05, 0) is 19.8 Å². The van der Waals surface area contributed by atoms with Crippen LogP contribution in [0, 0.1) is 0 Å². The molecule has 1 rings (SSSR count). The van der Waals surface area contributed by atoms with Gasteiger partial charge in [-0.1, -0.05) is 11.6 Å². The number of aliphatic carboxylic acids is 1. The number of nitrogens with zero attached hydrogens (tertiary/aromatic N) is 1. The van der Waals surface area contributed by atoms with Crippen LogP contribution in [0.3, 0.4) is 0 Å². The van der Waals surface area contributed by atoms with Crippen molar-refractivity contribution in [2.75, 3.05) is 0 Å². The van der Waals surface area contributed by atoms with Crippen LogP contribution in [-0.2, 0) is 9.63 Å². The highest BCUT2D eigenvalue weighted by Gasteiger charge is 2.42. The van der Waals surface area contributed by atoms with E-state index in [0.29, 0.717) is 12.8 Å². The number of carboxylic acids is 1. The smallest absolute Gasteiger partial charge is 0.350 e. The average Bonchev–Trinajstić information content (AvgIpc) is 2.16. The van der Waals surface area contributed by atoms with Gasteiger partial charge in [0.05, 0.1) is 0 Å². The fourth-order valence-corrected chi connectivity index (χ4v) is 1.62. The van der Waals surface area contributed by atoms with Crippen molar-refractivity contribution in [3.63, 3.8) is 0 Å². The molecule has 1 N–H and O–H groups in total. The second-order valence-corrected chi connectivity index (χ2v) is 3.31. The van der Waals surface area contributed by atoms with E-state index in [1.54, 1.807) is 6.92 Å². The maximum Gasteiger partial charge on any atom is 0.350 e. The molecule has 0 amide bonds. The lowest BCUT2D eigenvalue weighted by Gasteiger charge is -2.30. The van der Waals surface area contributed by atoms with Crippen molar-refractivity contribution >= 4 is 12.2 Å². The third-order valence-electron chi connectivity index (χ3n) is 2.38. The molecule has 0 aromatic rings. The summed E-state index contributed by atoms with van der Waals surface area (Å²) in [6.07, 6.45) is 5.52.